The Morgan fingerprint density at radius 3 is 2.80 bits per heavy atom. The number of likely N-dealkylation sites (tertiary alicyclic amines) is 1. The molecule has 0 spiro atoms. The summed E-state index contributed by atoms with van der Waals surface area (Å²) in [5.41, 5.74) is 7.24. The summed E-state index contributed by atoms with van der Waals surface area (Å²) in [7, 11) is 1.71. The van der Waals surface area contributed by atoms with Crippen molar-refractivity contribution in [3.05, 3.63) is 35.9 Å². The van der Waals surface area contributed by atoms with Crippen LogP contribution in [0.5, 0.6) is 0 Å². The van der Waals surface area contributed by atoms with E-state index >= 15 is 0 Å². The lowest BCUT2D eigenvalue weighted by molar-refractivity contribution is -0.134. The van der Waals surface area contributed by atoms with E-state index in [2.05, 4.69) is 0 Å². The Hall–Kier alpha value is -1.39. The van der Waals surface area contributed by atoms with Crippen molar-refractivity contribution in [2.24, 2.45) is 17.6 Å². The fourth-order valence-electron chi connectivity index (χ4n) is 2.81. The van der Waals surface area contributed by atoms with Crippen LogP contribution >= 0.6 is 0 Å². The van der Waals surface area contributed by atoms with Crippen molar-refractivity contribution >= 4 is 5.91 Å². The SMILES string of the molecule is COCC1CCN(C(=O)C(C)C(N)c2ccccc2)C1. The Kier molecular flexibility index (Phi) is 5.15. The zero-order chi connectivity index (χ0) is 14.5. The van der Waals surface area contributed by atoms with E-state index in [9.17, 15) is 4.79 Å². The Bertz CT molecular complexity index is 435. The number of hydrogen-bond acceptors (Lipinski definition) is 3. The maximum Gasteiger partial charge on any atom is 0.227 e. The first-order valence-electron chi connectivity index (χ1n) is 7.21. The molecule has 0 radical (unpaired) electrons. The molecule has 0 aromatic heterocycles. The first kappa shape index (κ1) is 15.0. The summed E-state index contributed by atoms with van der Waals surface area (Å²) >= 11 is 0. The number of carbonyl (C=O) groups excluding carboxylic acids is 1. The van der Waals surface area contributed by atoms with Crippen LogP contribution in [0.4, 0.5) is 0 Å². The number of nitrogens with two attached hydrogens (primary N) is 1. The molecule has 1 aliphatic heterocycles. The van der Waals surface area contributed by atoms with Gasteiger partial charge >= 0.3 is 0 Å². The van der Waals surface area contributed by atoms with Gasteiger partial charge in [-0.2, -0.15) is 0 Å². The lowest BCUT2D eigenvalue weighted by Crippen LogP contribution is -2.38. The molecule has 1 amide bonds. The van der Waals surface area contributed by atoms with Gasteiger partial charge in [-0.15, -0.1) is 0 Å². The van der Waals surface area contributed by atoms with E-state index in [0.717, 1.165) is 31.7 Å². The second kappa shape index (κ2) is 6.86. The van der Waals surface area contributed by atoms with Crippen LogP contribution in [0, 0.1) is 11.8 Å². The van der Waals surface area contributed by atoms with Crippen LogP contribution < -0.4 is 5.73 Å². The summed E-state index contributed by atoms with van der Waals surface area (Å²) in [5.74, 6) is 0.419. The van der Waals surface area contributed by atoms with Crippen molar-refractivity contribution in [1.29, 1.82) is 0 Å². The minimum absolute atomic E-state index is 0.153. The van der Waals surface area contributed by atoms with E-state index in [0.29, 0.717) is 5.92 Å². The predicted octanol–water partition coefficient (Wildman–Crippen LogP) is 1.82. The molecule has 110 valence electrons. The van der Waals surface area contributed by atoms with Crippen molar-refractivity contribution in [2.75, 3.05) is 26.8 Å². The molecule has 1 heterocycles. The van der Waals surface area contributed by atoms with Gasteiger partial charge in [-0.25, -0.2) is 0 Å². The summed E-state index contributed by atoms with van der Waals surface area (Å²) in [6.45, 7) is 4.25. The molecule has 4 heteroatoms. The Morgan fingerprint density at radius 2 is 2.15 bits per heavy atom. The summed E-state index contributed by atoms with van der Waals surface area (Å²) < 4.78 is 5.17. The second-order valence-electron chi connectivity index (χ2n) is 5.62. The molecular formula is C16H24N2O2. The molecule has 4 nitrogen and oxygen atoms in total. The average molecular weight is 276 g/mol. The molecule has 20 heavy (non-hydrogen) atoms. The van der Waals surface area contributed by atoms with Gasteiger partial charge in [0.05, 0.1) is 12.5 Å². The van der Waals surface area contributed by atoms with Gasteiger partial charge in [-0.05, 0) is 12.0 Å². The first-order valence-corrected chi connectivity index (χ1v) is 7.21. The fraction of sp³-hybridized carbons (Fsp3) is 0.562. The largest absolute Gasteiger partial charge is 0.384 e. The highest BCUT2D eigenvalue weighted by Gasteiger charge is 2.31. The van der Waals surface area contributed by atoms with Gasteiger partial charge < -0.3 is 15.4 Å². The van der Waals surface area contributed by atoms with Gasteiger partial charge in [0.2, 0.25) is 5.91 Å². The van der Waals surface area contributed by atoms with E-state index in [1.165, 1.54) is 0 Å². The summed E-state index contributed by atoms with van der Waals surface area (Å²) in [5, 5.41) is 0. The highest BCUT2D eigenvalue weighted by atomic mass is 16.5. The third-order valence-electron chi connectivity index (χ3n) is 4.11. The Labute approximate surface area is 120 Å². The van der Waals surface area contributed by atoms with Crippen molar-refractivity contribution in [3.8, 4) is 0 Å². The first-order chi connectivity index (χ1) is 9.63. The van der Waals surface area contributed by atoms with Crippen LogP contribution in [0.15, 0.2) is 30.3 Å². The molecule has 1 aliphatic rings. The van der Waals surface area contributed by atoms with Gasteiger partial charge in [0.25, 0.3) is 0 Å². The van der Waals surface area contributed by atoms with Crippen LogP contribution in [-0.2, 0) is 9.53 Å². The van der Waals surface area contributed by atoms with Crippen LogP contribution in [0.2, 0.25) is 0 Å². The molecule has 1 fully saturated rings. The summed E-state index contributed by atoms with van der Waals surface area (Å²) in [6.07, 6.45) is 1.02. The zero-order valence-corrected chi connectivity index (χ0v) is 12.3. The van der Waals surface area contributed by atoms with Crippen molar-refractivity contribution in [3.63, 3.8) is 0 Å². The van der Waals surface area contributed by atoms with Crippen molar-refractivity contribution < 1.29 is 9.53 Å². The lowest BCUT2D eigenvalue weighted by Gasteiger charge is -2.25. The van der Waals surface area contributed by atoms with E-state index in [1.54, 1.807) is 7.11 Å². The number of carbonyl (C=O) groups is 1. The van der Waals surface area contributed by atoms with Crippen molar-refractivity contribution in [1.82, 2.24) is 4.90 Å². The van der Waals surface area contributed by atoms with Gasteiger partial charge in [0.1, 0.15) is 0 Å². The summed E-state index contributed by atoms with van der Waals surface area (Å²) in [4.78, 5) is 14.4. The number of benzene rings is 1. The van der Waals surface area contributed by atoms with Gasteiger partial charge in [0.15, 0.2) is 0 Å². The van der Waals surface area contributed by atoms with Gasteiger partial charge in [-0.1, -0.05) is 37.3 Å². The molecule has 2 rings (SSSR count). The number of hydrogen-bond donors (Lipinski definition) is 1. The fourth-order valence-corrected chi connectivity index (χ4v) is 2.81. The lowest BCUT2D eigenvalue weighted by atomic mass is 9.94. The van der Waals surface area contributed by atoms with E-state index < -0.39 is 0 Å². The maximum absolute atomic E-state index is 12.5. The molecular weight excluding hydrogens is 252 g/mol. The smallest absolute Gasteiger partial charge is 0.227 e. The molecule has 3 atom stereocenters. The number of nitrogens with zero attached hydrogens (tertiary/aromatic N) is 1. The third kappa shape index (κ3) is 3.38. The van der Waals surface area contributed by atoms with Crippen LogP contribution in [0.25, 0.3) is 0 Å². The number of methoxy groups -OCH3 is 1. The highest BCUT2D eigenvalue weighted by molar-refractivity contribution is 5.79. The number of ether oxygens (including phenoxy) is 1. The quantitative estimate of drug-likeness (QED) is 0.892. The Morgan fingerprint density at radius 1 is 1.45 bits per heavy atom. The van der Waals surface area contributed by atoms with Crippen LogP contribution in [0.1, 0.15) is 24.9 Å². The second-order valence-corrected chi connectivity index (χ2v) is 5.62. The molecule has 1 aromatic rings. The van der Waals surface area contributed by atoms with Crippen molar-refractivity contribution in [2.45, 2.75) is 19.4 Å². The molecule has 0 saturated carbocycles. The molecule has 1 aromatic carbocycles. The number of amides is 1. The molecule has 0 bridgehead atoms. The van der Waals surface area contributed by atoms with Crippen LogP contribution in [0.3, 0.4) is 0 Å². The molecule has 3 unspecified atom stereocenters. The third-order valence-corrected chi connectivity index (χ3v) is 4.11. The van der Waals surface area contributed by atoms with Gasteiger partial charge in [0, 0.05) is 32.2 Å². The van der Waals surface area contributed by atoms with Gasteiger partial charge in [-0.3, -0.25) is 4.79 Å². The minimum Gasteiger partial charge on any atom is -0.384 e. The van der Waals surface area contributed by atoms with E-state index in [4.69, 9.17) is 10.5 Å². The highest BCUT2D eigenvalue weighted by Crippen LogP contribution is 2.24. The molecule has 2 N–H and O–H groups in total. The van der Waals surface area contributed by atoms with Crippen LogP contribution in [-0.4, -0.2) is 37.6 Å². The maximum atomic E-state index is 12.5. The average Bonchev–Trinajstić information content (AvgIpc) is 2.95. The summed E-state index contributed by atoms with van der Waals surface area (Å²) in [6, 6.07) is 9.58. The van der Waals surface area contributed by atoms with E-state index in [1.807, 2.05) is 42.2 Å². The zero-order valence-electron chi connectivity index (χ0n) is 12.3. The molecule has 1 saturated heterocycles. The minimum atomic E-state index is -0.245. The van der Waals surface area contributed by atoms with E-state index in [-0.39, 0.29) is 17.9 Å². The molecule has 0 aliphatic carbocycles. The Balaban J connectivity index is 1.95. The standard InChI is InChI=1S/C16H24N2O2/c1-12(15(17)14-6-4-3-5-7-14)16(19)18-9-8-13(10-18)11-20-2/h3-7,12-13,15H,8-11,17H2,1-2H3. The predicted molar refractivity (Wildman–Crippen MR) is 79.1 cm³/mol. The monoisotopic (exact) mass is 276 g/mol. The normalized spacial score (nSPS) is 21.8. The topological polar surface area (TPSA) is 55.6 Å². The number of rotatable bonds is 5.